The monoisotopic (exact) mass is 335 g/mol. The number of carbonyl (C=O) groups excluding carboxylic acids is 1. The minimum absolute atomic E-state index is 0.00952. The van der Waals surface area contributed by atoms with Gasteiger partial charge in [0.25, 0.3) is 0 Å². The Balaban J connectivity index is 1.64. The van der Waals surface area contributed by atoms with E-state index in [2.05, 4.69) is 22.2 Å². The molecule has 2 aliphatic heterocycles. The molecule has 0 bridgehead atoms. The molecular formula is C17H29N5O2. The van der Waals surface area contributed by atoms with Crippen LogP contribution in [0.4, 0.5) is 0 Å². The molecule has 0 aromatic carbocycles. The van der Waals surface area contributed by atoms with Crippen molar-refractivity contribution < 1.29 is 9.90 Å². The highest BCUT2D eigenvalue weighted by Gasteiger charge is 2.38. The van der Waals surface area contributed by atoms with Gasteiger partial charge in [0.05, 0.1) is 18.2 Å². The van der Waals surface area contributed by atoms with Crippen molar-refractivity contribution in [1.82, 2.24) is 24.9 Å². The maximum Gasteiger partial charge on any atom is 0.227 e. The number of rotatable bonds is 4. The van der Waals surface area contributed by atoms with Gasteiger partial charge in [-0.2, -0.15) is 5.10 Å². The molecule has 2 aliphatic rings. The molecule has 3 heterocycles. The van der Waals surface area contributed by atoms with Crippen LogP contribution >= 0.6 is 0 Å². The van der Waals surface area contributed by atoms with Crippen LogP contribution in [-0.4, -0.2) is 82.0 Å². The lowest BCUT2D eigenvalue weighted by Gasteiger charge is -2.41. The van der Waals surface area contributed by atoms with Gasteiger partial charge in [-0.05, 0) is 19.4 Å². The number of piperazine rings is 1. The molecule has 2 N–H and O–H groups in total. The lowest BCUT2D eigenvalue weighted by molar-refractivity contribution is -0.138. The van der Waals surface area contributed by atoms with E-state index in [9.17, 15) is 9.90 Å². The fraction of sp³-hybridized carbons (Fsp3) is 0.765. The third-order valence-corrected chi connectivity index (χ3v) is 5.26. The maximum absolute atomic E-state index is 13.1. The average Bonchev–Trinajstić information content (AvgIpc) is 3.16. The van der Waals surface area contributed by atoms with E-state index in [1.807, 2.05) is 31.3 Å². The Morgan fingerprint density at radius 1 is 1.46 bits per heavy atom. The van der Waals surface area contributed by atoms with Crippen molar-refractivity contribution in [3.05, 3.63) is 18.0 Å². The molecule has 0 spiro atoms. The van der Waals surface area contributed by atoms with E-state index >= 15 is 0 Å². The van der Waals surface area contributed by atoms with Crippen molar-refractivity contribution in [3.8, 4) is 0 Å². The fourth-order valence-electron chi connectivity index (χ4n) is 3.96. The van der Waals surface area contributed by atoms with Crippen molar-refractivity contribution in [3.63, 3.8) is 0 Å². The zero-order valence-electron chi connectivity index (χ0n) is 14.9. The Labute approximate surface area is 143 Å². The Morgan fingerprint density at radius 3 is 2.88 bits per heavy atom. The molecule has 2 saturated heterocycles. The zero-order valence-corrected chi connectivity index (χ0v) is 14.9. The molecule has 3 rings (SSSR count). The smallest absolute Gasteiger partial charge is 0.227 e. The standard InChI is InChI=1S/C17H29N5O2/c1-12-9-22(5-4-21(12)10-13(2)23)17(24)16-8-18-7-15(16)14-6-19-20(3)11-14/h6,11-13,15-16,18,23H,4-5,7-10H2,1-3H3/t12?,13?,15-,16+/m1/s1. The van der Waals surface area contributed by atoms with E-state index in [0.29, 0.717) is 6.54 Å². The van der Waals surface area contributed by atoms with Gasteiger partial charge in [-0.15, -0.1) is 0 Å². The van der Waals surface area contributed by atoms with E-state index in [1.54, 1.807) is 4.68 Å². The van der Waals surface area contributed by atoms with Gasteiger partial charge < -0.3 is 15.3 Å². The van der Waals surface area contributed by atoms with E-state index in [4.69, 9.17) is 0 Å². The number of hydrogen-bond acceptors (Lipinski definition) is 5. The number of aromatic nitrogens is 2. The number of β-amino-alcohol motifs (C(OH)–C–C–N with tert-alkyl or cyclic N) is 1. The normalized spacial score (nSPS) is 29.8. The summed E-state index contributed by atoms with van der Waals surface area (Å²) in [6.45, 7) is 8.50. The third-order valence-electron chi connectivity index (χ3n) is 5.26. The number of aliphatic hydroxyl groups excluding tert-OH is 1. The van der Waals surface area contributed by atoms with Gasteiger partial charge in [0.15, 0.2) is 0 Å². The molecule has 1 aromatic heterocycles. The molecule has 24 heavy (non-hydrogen) atoms. The molecule has 1 aromatic rings. The summed E-state index contributed by atoms with van der Waals surface area (Å²) in [5.74, 6) is 0.444. The lowest BCUT2D eigenvalue weighted by Crippen LogP contribution is -2.56. The molecule has 0 radical (unpaired) electrons. The molecule has 1 amide bonds. The first kappa shape index (κ1) is 17.4. The zero-order chi connectivity index (χ0) is 17.3. The number of carbonyl (C=O) groups is 1. The molecule has 7 nitrogen and oxygen atoms in total. The average molecular weight is 335 g/mol. The van der Waals surface area contributed by atoms with Crippen LogP contribution in [-0.2, 0) is 11.8 Å². The molecule has 0 saturated carbocycles. The topological polar surface area (TPSA) is 73.6 Å². The largest absolute Gasteiger partial charge is 0.392 e. The molecule has 2 unspecified atom stereocenters. The Morgan fingerprint density at radius 2 is 2.25 bits per heavy atom. The molecule has 7 heteroatoms. The number of aliphatic hydroxyl groups is 1. The van der Waals surface area contributed by atoms with Crippen molar-refractivity contribution in [2.75, 3.05) is 39.3 Å². The second-order valence-electron chi connectivity index (χ2n) is 7.30. The van der Waals surface area contributed by atoms with Crippen molar-refractivity contribution in [2.45, 2.75) is 31.9 Å². The van der Waals surface area contributed by atoms with Gasteiger partial charge in [0, 0.05) is 64.5 Å². The maximum atomic E-state index is 13.1. The van der Waals surface area contributed by atoms with Crippen molar-refractivity contribution in [1.29, 1.82) is 0 Å². The predicted octanol–water partition coefficient (Wildman–Crippen LogP) is -0.363. The van der Waals surface area contributed by atoms with Crippen molar-refractivity contribution in [2.24, 2.45) is 13.0 Å². The van der Waals surface area contributed by atoms with Crippen LogP contribution < -0.4 is 5.32 Å². The first-order valence-corrected chi connectivity index (χ1v) is 8.86. The summed E-state index contributed by atoms with van der Waals surface area (Å²) in [6, 6.07) is 0.281. The van der Waals surface area contributed by atoms with Crippen LogP contribution in [0.25, 0.3) is 0 Å². The Hall–Kier alpha value is -1.44. The highest BCUT2D eigenvalue weighted by atomic mass is 16.3. The van der Waals surface area contributed by atoms with Gasteiger partial charge in [0.1, 0.15) is 0 Å². The van der Waals surface area contributed by atoms with E-state index < -0.39 is 0 Å². The number of amides is 1. The summed E-state index contributed by atoms with van der Waals surface area (Å²) in [6.07, 6.45) is 3.56. The summed E-state index contributed by atoms with van der Waals surface area (Å²) in [5, 5.41) is 17.2. The van der Waals surface area contributed by atoms with Gasteiger partial charge in [0.2, 0.25) is 5.91 Å². The summed E-state index contributed by atoms with van der Waals surface area (Å²) in [4.78, 5) is 17.3. The first-order chi connectivity index (χ1) is 11.5. The number of aryl methyl sites for hydroxylation is 1. The van der Waals surface area contributed by atoms with Crippen LogP contribution in [0, 0.1) is 5.92 Å². The lowest BCUT2D eigenvalue weighted by atomic mass is 9.89. The summed E-state index contributed by atoms with van der Waals surface area (Å²) < 4.78 is 1.80. The Kier molecular flexibility index (Phi) is 5.22. The van der Waals surface area contributed by atoms with E-state index in [0.717, 1.165) is 38.3 Å². The van der Waals surface area contributed by atoms with Gasteiger partial charge >= 0.3 is 0 Å². The van der Waals surface area contributed by atoms with Gasteiger partial charge in [-0.1, -0.05) is 0 Å². The van der Waals surface area contributed by atoms with Crippen LogP contribution in [0.5, 0.6) is 0 Å². The minimum Gasteiger partial charge on any atom is -0.392 e. The highest BCUT2D eigenvalue weighted by molar-refractivity contribution is 5.80. The first-order valence-electron chi connectivity index (χ1n) is 8.86. The molecule has 134 valence electrons. The molecular weight excluding hydrogens is 306 g/mol. The SMILES string of the molecule is CC(O)CN1CCN(C(=O)[C@H]2CNC[C@@H]2c2cnn(C)c2)CC1C. The van der Waals surface area contributed by atoms with Gasteiger partial charge in [-0.3, -0.25) is 14.4 Å². The molecule has 0 aliphatic carbocycles. The second kappa shape index (κ2) is 7.21. The summed E-state index contributed by atoms with van der Waals surface area (Å²) in [5.41, 5.74) is 1.14. The quantitative estimate of drug-likeness (QED) is 0.786. The van der Waals surface area contributed by atoms with Crippen LogP contribution in [0.15, 0.2) is 12.4 Å². The third kappa shape index (κ3) is 3.63. The fourth-order valence-corrected chi connectivity index (χ4v) is 3.96. The van der Waals surface area contributed by atoms with Crippen LogP contribution in [0.1, 0.15) is 25.3 Å². The number of hydrogen-bond donors (Lipinski definition) is 2. The number of nitrogens with one attached hydrogen (secondary N) is 1. The van der Waals surface area contributed by atoms with E-state index in [1.165, 1.54) is 0 Å². The predicted molar refractivity (Wildman–Crippen MR) is 91.6 cm³/mol. The number of nitrogens with zero attached hydrogens (tertiary/aromatic N) is 4. The van der Waals surface area contributed by atoms with Crippen molar-refractivity contribution >= 4 is 5.91 Å². The molecule has 4 atom stereocenters. The van der Waals surface area contributed by atoms with Crippen LogP contribution in [0.2, 0.25) is 0 Å². The Bertz CT molecular complexity index is 573. The van der Waals surface area contributed by atoms with Gasteiger partial charge in [-0.25, -0.2) is 0 Å². The highest BCUT2D eigenvalue weighted by Crippen LogP contribution is 2.30. The van der Waals surface area contributed by atoms with E-state index in [-0.39, 0.29) is 29.9 Å². The second-order valence-corrected chi connectivity index (χ2v) is 7.30. The summed E-state index contributed by atoms with van der Waals surface area (Å²) >= 11 is 0. The summed E-state index contributed by atoms with van der Waals surface area (Å²) in [7, 11) is 1.91. The minimum atomic E-state index is -0.330. The van der Waals surface area contributed by atoms with Crippen LogP contribution in [0.3, 0.4) is 0 Å². The molecule has 2 fully saturated rings.